The molecule has 290 valence electrons. The van der Waals surface area contributed by atoms with Crippen LogP contribution in [0.25, 0.3) is 22.6 Å². The van der Waals surface area contributed by atoms with Crippen molar-refractivity contribution in [1.82, 2.24) is 0 Å². The third-order valence-corrected chi connectivity index (χ3v) is 12.1. The molecular weight excluding hydrogens is 725 g/mol. The predicted octanol–water partition coefficient (Wildman–Crippen LogP) is 14.3. The molecule has 3 aliphatic carbocycles. The number of benzene rings is 5. The van der Waals surface area contributed by atoms with Crippen molar-refractivity contribution in [3.63, 3.8) is 0 Å². The molecule has 0 radical (unpaired) electrons. The number of nitrogens with one attached hydrogen (secondary N) is 1. The van der Waals surface area contributed by atoms with Crippen LogP contribution in [0.1, 0.15) is 60.6 Å². The Morgan fingerprint density at radius 2 is 1.51 bits per heavy atom. The standard InChI is InChI=1S/C30H24O3.C24H22N2/c1-5-22-21(28-18(2)20-10-6-7-11-23(20)32-28)16-14-19-15-17-26-29(27(19)30(22,3)4)33-25-13-9-8-12-24(25)31-26;1-3-9-18(10-4-1)26(19-11-5-2-6-12-19)20-15-16-24-22(17-20)21-13-7-8-14-23(21)25-24/h5-17H,1H2,2-4H3;1,3-5,7-17,22,24-25H,2,6H2. The van der Waals surface area contributed by atoms with E-state index < -0.39 is 5.41 Å². The van der Waals surface area contributed by atoms with Crippen molar-refractivity contribution < 1.29 is 13.9 Å². The molecule has 0 saturated carbocycles. The van der Waals surface area contributed by atoms with Crippen LogP contribution < -0.4 is 19.7 Å². The summed E-state index contributed by atoms with van der Waals surface area (Å²) < 4.78 is 19.0. The molecule has 11 rings (SSSR count). The zero-order valence-electron chi connectivity index (χ0n) is 33.6. The molecule has 2 aliphatic heterocycles. The molecule has 59 heavy (non-hydrogen) atoms. The molecule has 0 spiro atoms. The van der Waals surface area contributed by atoms with Gasteiger partial charge in [0, 0.05) is 56.2 Å². The van der Waals surface area contributed by atoms with Gasteiger partial charge in [-0.2, -0.15) is 0 Å². The minimum absolute atomic E-state index is 0.352. The lowest BCUT2D eigenvalue weighted by Crippen LogP contribution is -2.26. The average molecular weight is 771 g/mol. The summed E-state index contributed by atoms with van der Waals surface area (Å²) in [5.74, 6) is 4.18. The molecule has 0 saturated heterocycles. The second-order valence-electron chi connectivity index (χ2n) is 16.1. The Hall–Kier alpha value is -6.98. The summed E-state index contributed by atoms with van der Waals surface area (Å²) in [5.41, 5.74) is 12.2. The molecule has 5 nitrogen and oxygen atoms in total. The van der Waals surface area contributed by atoms with E-state index in [1.807, 2.05) is 54.6 Å². The normalized spacial score (nSPS) is 18.8. The number of aryl methyl sites for hydroxylation is 1. The van der Waals surface area contributed by atoms with Gasteiger partial charge in [0.1, 0.15) is 11.3 Å². The van der Waals surface area contributed by atoms with Gasteiger partial charge >= 0.3 is 0 Å². The molecule has 1 aromatic heterocycles. The van der Waals surface area contributed by atoms with E-state index >= 15 is 0 Å². The van der Waals surface area contributed by atoms with E-state index in [-0.39, 0.29) is 0 Å². The van der Waals surface area contributed by atoms with Crippen LogP contribution in [0.4, 0.5) is 11.4 Å². The fourth-order valence-electron chi connectivity index (χ4n) is 9.24. The van der Waals surface area contributed by atoms with Crippen LogP contribution in [0, 0.1) is 6.92 Å². The van der Waals surface area contributed by atoms with Gasteiger partial charge in [-0.25, -0.2) is 0 Å². The molecule has 5 aliphatic rings. The maximum absolute atomic E-state index is 6.43. The Morgan fingerprint density at radius 3 is 2.31 bits per heavy atom. The molecule has 2 unspecified atom stereocenters. The minimum atomic E-state index is -0.414. The lowest BCUT2D eigenvalue weighted by molar-refractivity contribution is 0.351. The first-order valence-electron chi connectivity index (χ1n) is 20.5. The molecule has 0 fully saturated rings. The molecule has 0 bridgehead atoms. The van der Waals surface area contributed by atoms with Crippen LogP contribution >= 0.6 is 0 Å². The van der Waals surface area contributed by atoms with E-state index in [1.54, 1.807) is 0 Å². The number of hydrogen-bond acceptors (Lipinski definition) is 5. The summed E-state index contributed by atoms with van der Waals surface area (Å²) in [6.07, 6.45) is 22.3. The van der Waals surface area contributed by atoms with Crippen LogP contribution in [-0.4, -0.2) is 6.04 Å². The van der Waals surface area contributed by atoms with Crippen molar-refractivity contribution in [2.45, 2.75) is 51.0 Å². The fourth-order valence-corrected chi connectivity index (χ4v) is 9.24. The number of fused-ring (bicyclic) bond motifs is 8. The maximum Gasteiger partial charge on any atom is 0.174 e. The molecule has 5 heteroatoms. The van der Waals surface area contributed by atoms with Crippen molar-refractivity contribution in [2.24, 2.45) is 0 Å². The summed E-state index contributed by atoms with van der Waals surface area (Å²) in [6.45, 7) is 10.7. The minimum Gasteiger partial charge on any atom is -0.456 e. The topological polar surface area (TPSA) is 46.9 Å². The summed E-state index contributed by atoms with van der Waals surface area (Å²) in [4.78, 5) is 2.38. The second kappa shape index (κ2) is 14.8. The number of rotatable bonds is 5. The van der Waals surface area contributed by atoms with Crippen LogP contribution in [0.15, 0.2) is 192 Å². The van der Waals surface area contributed by atoms with Crippen LogP contribution in [0.5, 0.6) is 23.0 Å². The van der Waals surface area contributed by atoms with Gasteiger partial charge in [-0.05, 0) is 91.1 Å². The lowest BCUT2D eigenvalue weighted by Gasteiger charge is -2.33. The van der Waals surface area contributed by atoms with Gasteiger partial charge in [0.25, 0.3) is 0 Å². The third kappa shape index (κ3) is 6.34. The van der Waals surface area contributed by atoms with Crippen molar-refractivity contribution in [1.29, 1.82) is 0 Å². The highest BCUT2D eigenvalue weighted by Gasteiger charge is 2.38. The Kier molecular flexibility index (Phi) is 9.09. The van der Waals surface area contributed by atoms with Crippen LogP contribution in [0.3, 0.4) is 0 Å². The predicted molar refractivity (Wildman–Crippen MR) is 242 cm³/mol. The summed E-state index contributed by atoms with van der Waals surface area (Å²) in [6, 6.07) is 39.7. The summed E-state index contributed by atoms with van der Waals surface area (Å²) in [7, 11) is 0. The van der Waals surface area contributed by atoms with Gasteiger partial charge in [0.15, 0.2) is 23.0 Å². The second-order valence-corrected chi connectivity index (χ2v) is 16.1. The van der Waals surface area contributed by atoms with E-state index in [2.05, 4.69) is 153 Å². The Labute approximate surface area is 346 Å². The van der Waals surface area contributed by atoms with Gasteiger partial charge in [0.05, 0.1) is 6.04 Å². The van der Waals surface area contributed by atoms with Gasteiger partial charge in [-0.15, -0.1) is 0 Å². The number of anilines is 2. The first-order chi connectivity index (χ1) is 28.9. The van der Waals surface area contributed by atoms with E-state index in [1.165, 1.54) is 28.3 Å². The number of ether oxygens (including phenoxy) is 2. The van der Waals surface area contributed by atoms with Crippen molar-refractivity contribution in [3.8, 4) is 23.0 Å². The molecular formula is C54H46N2O3. The Morgan fingerprint density at radius 1 is 0.746 bits per heavy atom. The van der Waals surface area contributed by atoms with E-state index in [0.717, 1.165) is 80.4 Å². The highest BCUT2D eigenvalue weighted by Crippen LogP contribution is 2.54. The monoisotopic (exact) mass is 770 g/mol. The van der Waals surface area contributed by atoms with Crippen molar-refractivity contribution in [2.75, 3.05) is 10.2 Å². The molecule has 3 heterocycles. The van der Waals surface area contributed by atoms with E-state index in [4.69, 9.17) is 13.9 Å². The SMILES string of the molecule is C1=CC(N(C2=CC3c4ccccc4NC3C=C2)c2ccccc2)=CCC1.C=CC1=C(c2oc3ccccc3c2C)C=Cc2ccc3c(c2C1(C)C)Oc1ccccc1O3. The van der Waals surface area contributed by atoms with Gasteiger partial charge < -0.3 is 24.1 Å². The zero-order valence-corrected chi connectivity index (χ0v) is 33.6. The van der Waals surface area contributed by atoms with Gasteiger partial charge in [0.2, 0.25) is 0 Å². The largest absolute Gasteiger partial charge is 0.456 e. The Bertz CT molecular complexity index is 2830. The number of hydrogen-bond donors (Lipinski definition) is 1. The smallest absolute Gasteiger partial charge is 0.174 e. The summed E-state index contributed by atoms with van der Waals surface area (Å²) >= 11 is 0. The lowest BCUT2D eigenvalue weighted by atomic mass is 9.74. The molecule has 0 amide bonds. The van der Waals surface area contributed by atoms with Gasteiger partial charge in [-0.1, -0.05) is 136 Å². The molecule has 1 N–H and O–H groups in total. The highest BCUT2D eigenvalue weighted by molar-refractivity contribution is 5.93. The van der Waals surface area contributed by atoms with E-state index in [0.29, 0.717) is 12.0 Å². The molecule has 2 atom stereocenters. The Balaban J connectivity index is 0.000000147. The quantitative estimate of drug-likeness (QED) is 0.189. The number of furan rings is 1. The molecule has 5 aromatic carbocycles. The number of nitrogens with zero attached hydrogens (tertiary/aromatic N) is 1. The van der Waals surface area contributed by atoms with Crippen molar-refractivity contribution in [3.05, 3.63) is 215 Å². The fraction of sp³-hybridized carbons (Fsp3) is 0.148. The first-order valence-corrected chi connectivity index (χ1v) is 20.5. The zero-order chi connectivity index (χ0) is 40.1. The highest BCUT2D eigenvalue weighted by atomic mass is 16.6. The number of allylic oxidation sites excluding steroid dienone is 8. The average Bonchev–Trinajstić information content (AvgIpc) is 3.78. The van der Waals surface area contributed by atoms with Crippen LogP contribution in [0.2, 0.25) is 0 Å². The molecule has 6 aromatic rings. The summed E-state index contributed by atoms with van der Waals surface area (Å²) in [5, 5.41) is 4.76. The number of para-hydroxylation sites is 5. The van der Waals surface area contributed by atoms with Crippen LogP contribution in [-0.2, 0) is 5.41 Å². The van der Waals surface area contributed by atoms with Gasteiger partial charge in [-0.3, -0.25) is 0 Å². The maximum atomic E-state index is 6.43. The third-order valence-electron chi connectivity index (χ3n) is 12.1. The van der Waals surface area contributed by atoms with E-state index in [9.17, 15) is 0 Å². The first kappa shape index (κ1) is 36.4. The van der Waals surface area contributed by atoms with Crippen molar-refractivity contribution >= 4 is 34.0 Å².